The fourth-order valence-electron chi connectivity index (χ4n) is 3.43. The van der Waals surface area contributed by atoms with Gasteiger partial charge in [-0.25, -0.2) is 31.6 Å². The first-order valence-electron chi connectivity index (χ1n) is 11.0. The normalized spacial score (nSPS) is 12.3. The number of anilines is 2. The number of benzene rings is 2. The lowest BCUT2D eigenvalue weighted by Crippen LogP contribution is -2.33. The van der Waals surface area contributed by atoms with Crippen molar-refractivity contribution in [2.24, 2.45) is 0 Å². The van der Waals surface area contributed by atoms with Crippen LogP contribution in [0.1, 0.15) is 6.92 Å². The molecule has 0 unspecified atom stereocenters. The third-order valence-corrected chi connectivity index (χ3v) is 8.90. The minimum atomic E-state index is -5.69. The number of carbonyl (C=O) groups is 1. The molecule has 4 rings (SSSR count). The molecule has 17 heteroatoms. The van der Waals surface area contributed by atoms with Crippen LogP contribution in [0.2, 0.25) is 5.02 Å². The van der Waals surface area contributed by atoms with Gasteiger partial charge in [0.2, 0.25) is 5.89 Å². The first-order chi connectivity index (χ1) is 18.7. The fourth-order valence-corrected chi connectivity index (χ4v) is 5.41. The van der Waals surface area contributed by atoms with Crippen molar-refractivity contribution in [3.05, 3.63) is 59.6 Å². The number of alkyl halides is 3. The first kappa shape index (κ1) is 29.0. The number of fused-ring (bicyclic) bond motifs is 1. The summed E-state index contributed by atoms with van der Waals surface area (Å²) in [6, 6.07) is 9.76. The van der Waals surface area contributed by atoms with Gasteiger partial charge in [-0.15, -0.1) is 0 Å². The van der Waals surface area contributed by atoms with Gasteiger partial charge in [-0.1, -0.05) is 24.6 Å². The van der Waals surface area contributed by atoms with Crippen molar-refractivity contribution in [3.8, 4) is 11.6 Å². The third kappa shape index (κ3) is 5.50. The Morgan fingerprint density at radius 3 is 2.45 bits per heavy atom. The molecule has 2 heterocycles. The van der Waals surface area contributed by atoms with Crippen molar-refractivity contribution >= 4 is 66.3 Å². The van der Waals surface area contributed by atoms with Crippen LogP contribution in [0.5, 0.6) is 0 Å². The van der Waals surface area contributed by atoms with E-state index >= 15 is 0 Å². The average molecular weight is 616 g/mol. The number of urea groups is 1. The first-order valence-corrected chi connectivity index (χ1v) is 14.5. The maximum Gasteiger partial charge on any atom is 0.501 e. The van der Waals surface area contributed by atoms with Crippen LogP contribution in [0.3, 0.4) is 0 Å². The molecule has 0 spiro atoms. The molecule has 0 saturated carbocycles. The third-order valence-electron chi connectivity index (χ3n) is 5.42. The van der Waals surface area contributed by atoms with Gasteiger partial charge >= 0.3 is 11.5 Å². The molecular formula is C23H17ClF3N5O6S2. The number of nitrogens with zero attached hydrogens (tertiary/aromatic N) is 3. The average Bonchev–Trinajstić information content (AvgIpc) is 3.32. The summed E-state index contributed by atoms with van der Waals surface area (Å²) in [4.78, 5) is 20.4. The van der Waals surface area contributed by atoms with Gasteiger partial charge in [0.05, 0.1) is 27.6 Å². The Morgan fingerprint density at radius 2 is 1.82 bits per heavy atom. The number of amides is 2. The van der Waals surface area contributed by atoms with E-state index < -0.39 is 42.0 Å². The summed E-state index contributed by atoms with van der Waals surface area (Å²) in [7, 11) is -9.65. The van der Waals surface area contributed by atoms with Crippen LogP contribution in [0, 0.1) is 5.41 Å². The molecule has 0 aliphatic rings. The molecule has 0 aliphatic carbocycles. The van der Waals surface area contributed by atoms with Crippen molar-refractivity contribution in [1.29, 1.82) is 5.41 Å². The Bertz CT molecular complexity index is 1860. The molecule has 0 bridgehead atoms. The Morgan fingerprint density at radius 1 is 1.10 bits per heavy atom. The minimum Gasteiger partial charge on any atom is -0.435 e. The van der Waals surface area contributed by atoms with E-state index in [0.29, 0.717) is 23.5 Å². The highest BCUT2D eigenvalue weighted by Crippen LogP contribution is 2.34. The van der Waals surface area contributed by atoms with Crippen molar-refractivity contribution in [3.63, 3.8) is 0 Å². The van der Waals surface area contributed by atoms with Gasteiger partial charge in [-0.2, -0.15) is 13.2 Å². The van der Waals surface area contributed by atoms with Crippen LogP contribution < -0.4 is 10.2 Å². The van der Waals surface area contributed by atoms with Crippen LogP contribution in [-0.4, -0.2) is 50.4 Å². The number of carbonyl (C=O) groups excluding carboxylic acids is 1. The van der Waals surface area contributed by atoms with Gasteiger partial charge in [-0.05, 0) is 48.5 Å². The van der Waals surface area contributed by atoms with E-state index in [-0.39, 0.29) is 38.9 Å². The minimum absolute atomic E-state index is 0.150. The van der Waals surface area contributed by atoms with Gasteiger partial charge in [0.15, 0.2) is 15.4 Å². The lowest BCUT2D eigenvalue weighted by Gasteiger charge is -2.18. The van der Waals surface area contributed by atoms with Crippen molar-refractivity contribution in [1.82, 2.24) is 9.97 Å². The summed E-state index contributed by atoms with van der Waals surface area (Å²) < 4.78 is 93.7. The maximum atomic E-state index is 13.0. The van der Waals surface area contributed by atoms with Crippen LogP contribution in [0.4, 0.5) is 29.5 Å². The predicted octanol–water partition coefficient (Wildman–Crippen LogP) is 5.28. The zero-order valence-corrected chi connectivity index (χ0v) is 22.5. The lowest BCUT2D eigenvalue weighted by molar-refractivity contribution is -0.0436. The number of oxazole rings is 1. The van der Waals surface area contributed by atoms with Crippen LogP contribution in [0.25, 0.3) is 22.7 Å². The Balaban J connectivity index is 1.79. The number of sulfone groups is 2. The number of halogens is 4. The second kappa shape index (κ2) is 10.5. The van der Waals surface area contributed by atoms with E-state index in [2.05, 4.69) is 15.3 Å². The molecule has 4 aromatic rings. The van der Waals surface area contributed by atoms with E-state index in [1.807, 2.05) is 0 Å². The van der Waals surface area contributed by atoms with Crippen molar-refractivity contribution < 1.29 is 39.2 Å². The molecule has 2 aromatic carbocycles. The van der Waals surface area contributed by atoms with Crippen LogP contribution >= 0.6 is 11.6 Å². The number of nitrogens with one attached hydrogen (secondary N) is 2. The molecule has 0 fully saturated rings. The Kier molecular flexibility index (Phi) is 7.62. The van der Waals surface area contributed by atoms with Crippen molar-refractivity contribution in [2.75, 3.05) is 16.0 Å². The second-order valence-electron chi connectivity index (χ2n) is 7.95. The highest BCUT2D eigenvalue weighted by Gasteiger charge is 2.47. The molecule has 0 atom stereocenters. The highest BCUT2D eigenvalue weighted by molar-refractivity contribution is 7.92. The summed E-state index contributed by atoms with van der Waals surface area (Å²) in [6.07, 6.45) is 0.713. The molecule has 2 amide bonds. The Labute approximate surface area is 229 Å². The van der Waals surface area contributed by atoms with Gasteiger partial charge in [-0.3, -0.25) is 15.6 Å². The number of aromatic nitrogens is 2. The highest BCUT2D eigenvalue weighted by atomic mass is 35.5. The number of hydrogen-bond donors (Lipinski definition) is 2. The fraction of sp³-hybridized carbons (Fsp3) is 0.130. The number of rotatable bonds is 7. The standard InChI is InChI=1S/C23H17ClF3N5O6S2/c1-2-39(34,35)18-8-9-19(31-22(33)32(12-28)14-5-3-4-13(24)10-14)30-20(18)21-29-16-11-15(6-7-17(16)38-21)40(36,37)23(25,26)27/h3-12,28H,2H2,1H3,(H,30,31,33). The summed E-state index contributed by atoms with van der Waals surface area (Å²) in [5.41, 5.74) is -6.16. The van der Waals surface area contributed by atoms with Gasteiger partial charge < -0.3 is 4.42 Å². The zero-order valence-electron chi connectivity index (χ0n) is 20.1. The molecule has 2 aromatic heterocycles. The van der Waals surface area contributed by atoms with E-state index in [9.17, 15) is 34.8 Å². The second-order valence-corrected chi connectivity index (χ2v) is 12.6. The van der Waals surface area contributed by atoms with Crippen LogP contribution in [-0.2, 0) is 19.7 Å². The summed E-state index contributed by atoms with van der Waals surface area (Å²) in [5.74, 6) is -1.01. The maximum absolute atomic E-state index is 13.0. The van der Waals surface area contributed by atoms with E-state index in [0.717, 1.165) is 17.0 Å². The number of hydrogen-bond acceptors (Lipinski definition) is 9. The largest absolute Gasteiger partial charge is 0.501 e. The smallest absolute Gasteiger partial charge is 0.435 e. The zero-order chi connectivity index (χ0) is 29.5. The molecule has 2 N–H and O–H groups in total. The molecular weight excluding hydrogens is 599 g/mol. The molecule has 0 radical (unpaired) electrons. The molecule has 0 saturated heterocycles. The van der Waals surface area contributed by atoms with E-state index in [1.54, 1.807) is 12.1 Å². The molecule has 210 valence electrons. The van der Waals surface area contributed by atoms with E-state index in [1.165, 1.54) is 25.1 Å². The molecule has 40 heavy (non-hydrogen) atoms. The molecule has 0 aliphatic heterocycles. The van der Waals surface area contributed by atoms with Gasteiger partial charge in [0, 0.05) is 5.02 Å². The Hall–Kier alpha value is -4.02. The van der Waals surface area contributed by atoms with E-state index in [4.69, 9.17) is 21.4 Å². The quantitative estimate of drug-likeness (QED) is 0.210. The summed E-state index contributed by atoms with van der Waals surface area (Å²) in [6.45, 7) is 1.36. The van der Waals surface area contributed by atoms with Crippen LogP contribution in [0.15, 0.2) is 68.8 Å². The van der Waals surface area contributed by atoms with Crippen molar-refractivity contribution in [2.45, 2.75) is 22.2 Å². The predicted molar refractivity (Wildman–Crippen MR) is 140 cm³/mol. The molecule has 11 nitrogen and oxygen atoms in total. The SMILES string of the molecule is CCS(=O)(=O)c1ccc(NC(=O)N(C=N)c2cccc(Cl)c2)nc1-c1nc2cc(S(=O)(=O)C(F)(F)F)ccc2o1. The van der Waals surface area contributed by atoms with Gasteiger partial charge in [0.1, 0.15) is 17.0 Å². The number of pyridine rings is 1. The van der Waals surface area contributed by atoms with Gasteiger partial charge in [0.25, 0.3) is 9.84 Å². The topological polar surface area (TPSA) is 163 Å². The summed E-state index contributed by atoms with van der Waals surface area (Å²) in [5, 5.41) is 10.3. The lowest BCUT2D eigenvalue weighted by atomic mass is 10.3. The monoisotopic (exact) mass is 615 g/mol. The summed E-state index contributed by atoms with van der Waals surface area (Å²) >= 11 is 5.95.